The van der Waals surface area contributed by atoms with Crippen LogP contribution in [0.1, 0.15) is 36.3 Å². The van der Waals surface area contributed by atoms with Crippen LogP contribution in [0.25, 0.3) is 16.8 Å². The molecule has 0 atom stereocenters. The molecule has 0 aliphatic rings. The van der Waals surface area contributed by atoms with Crippen molar-refractivity contribution in [3.05, 3.63) is 78.2 Å². The molecule has 0 bridgehead atoms. The summed E-state index contributed by atoms with van der Waals surface area (Å²) in [5.74, 6) is -0.145. The number of imidazole rings is 1. The third-order valence-corrected chi connectivity index (χ3v) is 6.17. The number of nitrogens with zero attached hydrogens (tertiary/aromatic N) is 4. The Kier molecular flexibility index (Phi) is 8.58. The predicted molar refractivity (Wildman–Crippen MR) is 143 cm³/mol. The van der Waals surface area contributed by atoms with Crippen molar-refractivity contribution in [2.24, 2.45) is 0 Å². The Morgan fingerprint density at radius 2 is 1.92 bits per heavy atom. The molecule has 0 radical (unpaired) electrons. The van der Waals surface area contributed by atoms with Gasteiger partial charge >= 0.3 is 5.97 Å². The van der Waals surface area contributed by atoms with Gasteiger partial charge in [0.15, 0.2) is 0 Å². The maximum Gasteiger partial charge on any atom is 0.329 e. The van der Waals surface area contributed by atoms with E-state index in [9.17, 15) is 4.79 Å². The number of nitrogens with one attached hydrogen (secondary N) is 1. The maximum atomic E-state index is 10.6. The van der Waals surface area contributed by atoms with Gasteiger partial charge in [0.1, 0.15) is 12.4 Å². The molecular weight excluding hydrogens is 470 g/mol. The Morgan fingerprint density at radius 3 is 2.59 bits per heavy atom. The van der Waals surface area contributed by atoms with E-state index in [1.165, 1.54) is 0 Å². The fraction of sp³-hybridized carbons (Fsp3) is 0.321. The summed E-state index contributed by atoms with van der Waals surface area (Å²) in [6.45, 7) is 6.91. The molecule has 0 unspecified atom stereocenters. The molecule has 2 N–H and O–H groups in total. The summed E-state index contributed by atoms with van der Waals surface area (Å²) in [5.41, 5.74) is 10.8. The second-order valence-corrected chi connectivity index (χ2v) is 8.99. The molecule has 0 spiro atoms. The number of aromatic nitrogens is 3. The van der Waals surface area contributed by atoms with Crippen LogP contribution in [0.15, 0.2) is 65.7 Å². The Labute approximate surface area is 216 Å². The summed E-state index contributed by atoms with van der Waals surface area (Å²) in [6, 6.07) is 14.6. The van der Waals surface area contributed by atoms with Gasteiger partial charge in [-0.15, -0.1) is 0 Å². The summed E-state index contributed by atoms with van der Waals surface area (Å²) >= 11 is 0. The third-order valence-electron chi connectivity index (χ3n) is 6.17. The molecule has 2 aromatic carbocycles. The normalized spacial score (nSPS) is 11.0. The van der Waals surface area contributed by atoms with E-state index >= 15 is 0 Å². The van der Waals surface area contributed by atoms with Crippen LogP contribution >= 0.6 is 0 Å². The molecule has 2 aromatic heterocycles. The van der Waals surface area contributed by atoms with E-state index in [1.807, 2.05) is 24.6 Å². The number of carboxylic acid groups (broad SMARTS) is 1. The number of aliphatic carboxylic acids is 1. The van der Waals surface area contributed by atoms with E-state index in [1.54, 1.807) is 12.5 Å². The molecule has 0 saturated heterocycles. The van der Waals surface area contributed by atoms with Gasteiger partial charge in [0, 0.05) is 36.8 Å². The number of ether oxygens (including phenoxy) is 1. The first-order valence-corrected chi connectivity index (χ1v) is 12.4. The lowest BCUT2D eigenvalue weighted by Crippen LogP contribution is -2.31. The standard InChI is InChI=1S/C28H33N5O4/c1-20-7-8-23(28-21(2)31-37-22(28)3)17-26(20)30-33(14-5-4-6-16-36-18-27(34)35)25-11-9-24(10-12-25)32-15-13-29-19-32/h7-13,15,17,19,30H,4-6,14,16,18H2,1-3H3,(H,34,35). The van der Waals surface area contributed by atoms with Crippen LogP contribution in [0.3, 0.4) is 0 Å². The van der Waals surface area contributed by atoms with Crippen LogP contribution in [-0.4, -0.2) is 45.5 Å². The van der Waals surface area contributed by atoms with Crippen LogP contribution in [0, 0.1) is 20.8 Å². The summed E-state index contributed by atoms with van der Waals surface area (Å²) in [6.07, 6.45) is 8.10. The number of rotatable bonds is 13. The van der Waals surface area contributed by atoms with Crippen molar-refractivity contribution >= 4 is 17.3 Å². The third kappa shape index (κ3) is 6.77. The SMILES string of the molecule is Cc1ccc(-c2c(C)noc2C)cc1NN(CCCCCOCC(=O)O)c1ccc(-n2ccnc2)cc1. The van der Waals surface area contributed by atoms with Crippen molar-refractivity contribution in [2.45, 2.75) is 40.0 Å². The average molecular weight is 504 g/mol. The monoisotopic (exact) mass is 503 g/mol. The van der Waals surface area contributed by atoms with Gasteiger partial charge in [-0.3, -0.25) is 10.4 Å². The van der Waals surface area contributed by atoms with Gasteiger partial charge in [0.2, 0.25) is 0 Å². The fourth-order valence-corrected chi connectivity index (χ4v) is 4.21. The topological polar surface area (TPSA) is 106 Å². The number of carbonyl (C=O) groups is 1. The van der Waals surface area contributed by atoms with Crippen molar-refractivity contribution in [3.8, 4) is 16.8 Å². The van der Waals surface area contributed by atoms with Gasteiger partial charge in [-0.25, -0.2) is 9.78 Å². The van der Waals surface area contributed by atoms with Crippen molar-refractivity contribution in [3.63, 3.8) is 0 Å². The predicted octanol–water partition coefficient (Wildman–Crippen LogP) is 5.56. The zero-order chi connectivity index (χ0) is 26.2. The number of carboxylic acids is 1. The van der Waals surface area contributed by atoms with Crippen LogP contribution < -0.4 is 10.4 Å². The van der Waals surface area contributed by atoms with Crippen LogP contribution in [-0.2, 0) is 9.53 Å². The summed E-state index contributed by atoms with van der Waals surface area (Å²) in [5, 5.41) is 15.0. The zero-order valence-electron chi connectivity index (χ0n) is 21.5. The van der Waals surface area contributed by atoms with Crippen molar-refractivity contribution in [1.29, 1.82) is 0 Å². The van der Waals surface area contributed by atoms with E-state index in [0.717, 1.165) is 71.0 Å². The van der Waals surface area contributed by atoms with Crippen molar-refractivity contribution < 1.29 is 19.2 Å². The van der Waals surface area contributed by atoms with Crippen LogP contribution in [0.4, 0.5) is 11.4 Å². The summed E-state index contributed by atoms with van der Waals surface area (Å²) in [4.78, 5) is 14.7. The Bertz CT molecular complexity index is 1280. The van der Waals surface area contributed by atoms with Crippen LogP contribution in [0.2, 0.25) is 0 Å². The summed E-state index contributed by atoms with van der Waals surface area (Å²) in [7, 11) is 0. The minimum atomic E-state index is -0.941. The van der Waals surface area contributed by atoms with E-state index in [-0.39, 0.29) is 6.61 Å². The van der Waals surface area contributed by atoms with Crippen LogP contribution in [0.5, 0.6) is 0 Å². The number of aryl methyl sites for hydroxylation is 3. The molecule has 0 saturated carbocycles. The van der Waals surface area contributed by atoms with Gasteiger partial charge in [0.25, 0.3) is 0 Å². The first-order chi connectivity index (χ1) is 17.9. The highest BCUT2D eigenvalue weighted by Crippen LogP contribution is 2.31. The molecular formula is C28H33N5O4. The fourth-order valence-electron chi connectivity index (χ4n) is 4.21. The summed E-state index contributed by atoms with van der Waals surface area (Å²) < 4.78 is 12.5. The first-order valence-electron chi connectivity index (χ1n) is 12.4. The highest BCUT2D eigenvalue weighted by atomic mass is 16.5. The number of hydrogen-bond donors (Lipinski definition) is 2. The lowest BCUT2D eigenvalue weighted by atomic mass is 10.0. The maximum absolute atomic E-state index is 10.6. The number of benzene rings is 2. The molecule has 4 rings (SSSR count). The molecule has 9 heteroatoms. The molecule has 4 aromatic rings. The lowest BCUT2D eigenvalue weighted by Gasteiger charge is -2.28. The van der Waals surface area contributed by atoms with E-state index in [0.29, 0.717) is 6.61 Å². The van der Waals surface area contributed by atoms with Gasteiger partial charge in [-0.05, 0) is 81.5 Å². The number of anilines is 2. The van der Waals surface area contributed by atoms with Crippen molar-refractivity contribution in [1.82, 2.24) is 14.7 Å². The first kappa shape index (κ1) is 26.0. The van der Waals surface area contributed by atoms with Gasteiger partial charge in [-0.1, -0.05) is 17.3 Å². The second-order valence-electron chi connectivity index (χ2n) is 8.99. The molecule has 0 amide bonds. The molecule has 37 heavy (non-hydrogen) atoms. The lowest BCUT2D eigenvalue weighted by molar-refractivity contribution is -0.142. The number of unbranched alkanes of at least 4 members (excludes halogenated alkanes) is 2. The second kappa shape index (κ2) is 12.2. The molecule has 9 nitrogen and oxygen atoms in total. The Balaban J connectivity index is 1.51. The van der Waals surface area contributed by atoms with E-state index in [4.69, 9.17) is 14.4 Å². The smallest absolute Gasteiger partial charge is 0.329 e. The largest absolute Gasteiger partial charge is 0.480 e. The van der Waals surface area contributed by atoms with E-state index < -0.39 is 5.97 Å². The molecule has 0 aliphatic heterocycles. The minimum absolute atomic E-state index is 0.252. The molecule has 0 aliphatic carbocycles. The zero-order valence-corrected chi connectivity index (χ0v) is 21.5. The van der Waals surface area contributed by atoms with Gasteiger partial charge in [0.05, 0.1) is 23.4 Å². The minimum Gasteiger partial charge on any atom is -0.480 e. The number of hydrazine groups is 1. The average Bonchev–Trinajstić information content (AvgIpc) is 3.54. The molecule has 2 heterocycles. The van der Waals surface area contributed by atoms with Crippen molar-refractivity contribution in [2.75, 3.05) is 30.2 Å². The van der Waals surface area contributed by atoms with Gasteiger partial charge < -0.3 is 18.9 Å². The quantitative estimate of drug-likeness (QED) is 0.181. The molecule has 0 fully saturated rings. The highest BCUT2D eigenvalue weighted by molar-refractivity contribution is 5.73. The van der Waals surface area contributed by atoms with E-state index in [2.05, 4.69) is 70.0 Å². The Hall–Kier alpha value is -4.11. The molecule has 194 valence electrons. The number of hydrogen-bond acceptors (Lipinski definition) is 7. The Morgan fingerprint density at radius 1 is 1.11 bits per heavy atom. The highest BCUT2D eigenvalue weighted by Gasteiger charge is 2.15. The van der Waals surface area contributed by atoms with Gasteiger partial charge in [-0.2, -0.15) is 0 Å².